The van der Waals surface area contributed by atoms with Gasteiger partial charge in [-0.1, -0.05) is 18.2 Å². The van der Waals surface area contributed by atoms with E-state index in [1.807, 2.05) is 12.1 Å². The minimum atomic E-state index is -0.832. The fraction of sp³-hybridized carbons (Fsp3) is 0.200. The van der Waals surface area contributed by atoms with Crippen molar-refractivity contribution < 1.29 is 9.31 Å². The molecule has 0 unspecified atom stereocenters. The second kappa shape index (κ2) is 5.40. The highest BCUT2D eigenvalue weighted by Crippen LogP contribution is 2.27. The molecule has 0 amide bonds. The van der Waals surface area contributed by atoms with E-state index >= 15 is 0 Å². The second-order valence-electron chi connectivity index (χ2n) is 4.90. The number of fused-ring (bicyclic) bond motifs is 1. The Balaban J connectivity index is 1.75. The Morgan fingerprint density at radius 2 is 2.19 bits per heavy atom. The topological polar surface area (TPSA) is 67.2 Å². The zero-order valence-corrected chi connectivity index (χ0v) is 11.2. The standard InChI is InChI=1S/C15H14FN3O2/c16-13-8-12(4-5-14(13)19(20)21)18-9-11-3-1-2-10-6-7-17-15(10)11/h1-5,8,17-18H,6-7,9H2. The normalized spacial score (nSPS) is 12.6. The molecule has 0 bridgehead atoms. The van der Waals surface area contributed by atoms with Crippen molar-refractivity contribution in [3.8, 4) is 0 Å². The maximum absolute atomic E-state index is 13.6. The Morgan fingerprint density at radius 3 is 2.95 bits per heavy atom. The first-order chi connectivity index (χ1) is 10.1. The van der Waals surface area contributed by atoms with Crippen LogP contribution in [-0.2, 0) is 13.0 Å². The maximum Gasteiger partial charge on any atom is 0.304 e. The van der Waals surface area contributed by atoms with Crippen molar-refractivity contribution >= 4 is 17.1 Å². The van der Waals surface area contributed by atoms with Crippen molar-refractivity contribution in [1.82, 2.24) is 0 Å². The summed E-state index contributed by atoms with van der Waals surface area (Å²) >= 11 is 0. The van der Waals surface area contributed by atoms with Gasteiger partial charge in [-0.05, 0) is 23.6 Å². The third-order valence-electron chi connectivity index (χ3n) is 3.56. The van der Waals surface area contributed by atoms with Gasteiger partial charge in [0.25, 0.3) is 0 Å². The molecule has 0 atom stereocenters. The summed E-state index contributed by atoms with van der Waals surface area (Å²) in [7, 11) is 0. The summed E-state index contributed by atoms with van der Waals surface area (Å²) in [5.41, 5.74) is 3.52. The minimum Gasteiger partial charge on any atom is -0.384 e. The summed E-state index contributed by atoms with van der Waals surface area (Å²) in [4.78, 5) is 9.85. The molecule has 2 aromatic carbocycles. The van der Waals surface area contributed by atoms with E-state index in [2.05, 4.69) is 16.7 Å². The molecule has 0 radical (unpaired) electrons. The number of nitro benzene ring substituents is 1. The molecule has 5 nitrogen and oxygen atoms in total. The molecular weight excluding hydrogens is 273 g/mol. The van der Waals surface area contributed by atoms with Crippen molar-refractivity contribution in [3.63, 3.8) is 0 Å². The molecule has 0 aliphatic carbocycles. The van der Waals surface area contributed by atoms with E-state index < -0.39 is 16.4 Å². The van der Waals surface area contributed by atoms with Crippen LogP contribution in [0.3, 0.4) is 0 Å². The lowest BCUT2D eigenvalue weighted by atomic mass is 10.1. The van der Waals surface area contributed by atoms with Gasteiger partial charge < -0.3 is 10.6 Å². The third kappa shape index (κ3) is 2.65. The Labute approximate surface area is 120 Å². The molecular formula is C15H14FN3O2. The molecule has 2 aromatic rings. The number of nitrogens with zero attached hydrogens (tertiary/aromatic N) is 1. The first-order valence-corrected chi connectivity index (χ1v) is 6.67. The number of hydrogen-bond acceptors (Lipinski definition) is 4. The molecule has 0 saturated carbocycles. The highest BCUT2D eigenvalue weighted by atomic mass is 19.1. The lowest BCUT2D eigenvalue weighted by Crippen LogP contribution is -2.03. The monoisotopic (exact) mass is 287 g/mol. The lowest BCUT2D eigenvalue weighted by molar-refractivity contribution is -0.387. The average Bonchev–Trinajstić information content (AvgIpc) is 2.93. The zero-order chi connectivity index (χ0) is 14.8. The Bertz CT molecular complexity index is 703. The van der Waals surface area contributed by atoms with Gasteiger partial charge >= 0.3 is 5.69 Å². The number of nitro groups is 1. The summed E-state index contributed by atoms with van der Waals surface area (Å²) in [6.07, 6.45) is 1.01. The molecule has 0 fully saturated rings. The maximum atomic E-state index is 13.6. The van der Waals surface area contributed by atoms with Gasteiger partial charge in [0, 0.05) is 36.6 Å². The Hall–Kier alpha value is -2.63. The van der Waals surface area contributed by atoms with E-state index in [4.69, 9.17) is 0 Å². The predicted octanol–water partition coefficient (Wildman–Crippen LogP) is 3.31. The van der Waals surface area contributed by atoms with Gasteiger partial charge in [0.2, 0.25) is 5.82 Å². The fourth-order valence-electron chi connectivity index (χ4n) is 2.52. The van der Waals surface area contributed by atoms with Crippen LogP contribution in [0.15, 0.2) is 36.4 Å². The van der Waals surface area contributed by atoms with Gasteiger partial charge in [-0.25, -0.2) is 0 Å². The molecule has 21 heavy (non-hydrogen) atoms. The smallest absolute Gasteiger partial charge is 0.304 e. The van der Waals surface area contributed by atoms with Crippen LogP contribution in [-0.4, -0.2) is 11.5 Å². The van der Waals surface area contributed by atoms with Crippen LogP contribution < -0.4 is 10.6 Å². The number of benzene rings is 2. The number of anilines is 2. The predicted molar refractivity (Wildman–Crippen MR) is 79.0 cm³/mol. The van der Waals surface area contributed by atoms with Gasteiger partial charge in [0.05, 0.1) is 4.92 Å². The van der Waals surface area contributed by atoms with Gasteiger partial charge in [-0.3, -0.25) is 10.1 Å². The van der Waals surface area contributed by atoms with Crippen LogP contribution in [0, 0.1) is 15.9 Å². The van der Waals surface area contributed by atoms with Crippen molar-refractivity contribution in [2.45, 2.75) is 13.0 Å². The molecule has 2 N–H and O–H groups in total. The first-order valence-electron chi connectivity index (χ1n) is 6.67. The van der Waals surface area contributed by atoms with Crippen LogP contribution in [0.25, 0.3) is 0 Å². The van der Waals surface area contributed by atoms with E-state index in [-0.39, 0.29) is 0 Å². The van der Waals surface area contributed by atoms with E-state index in [1.165, 1.54) is 17.7 Å². The fourth-order valence-corrected chi connectivity index (χ4v) is 2.52. The molecule has 0 spiro atoms. The SMILES string of the molecule is O=[N+]([O-])c1ccc(NCc2cccc3c2NCC3)cc1F. The van der Waals surface area contributed by atoms with Crippen LogP contribution >= 0.6 is 0 Å². The van der Waals surface area contributed by atoms with Crippen molar-refractivity contribution in [3.05, 3.63) is 63.5 Å². The van der Waals surface area contributed by atoms with Crippen molar-refractivity contribution in [2.24, 2.45) is 0 Å². The van der Waals surface area contributed by atoms with Gasteiger partial charge in [-0.15, -0.1) is 0 Å². The van der Waals surface area contributed by atoms with Crippen molar-refractivity contribution in [1.29, 1.82) is 0 Å². The highest BCUT2D eigenvalue weighted by molar-refractivity contribution is 5.62. The average molecular weight is 287 g/mol. The van der Waals surface area contributed by atoms with E-state index in [9.17, 15) is 14.5 Å². The number of halogens is 1. The largest absolute Gasteiger partial charge is 0.384 e. The molecule has 1 aliphatic heterocycles. The van der Waals surface area contributed by atoms with Gasteiger partial charge in [-0.2, -0.15) is 4.39 Å². The molecule has 6 heteroatoms. The van der Waals surface area contributed by atoms with Crippen LogP contribution in [0.1, 0.15) is 11.1 Å². The number of para-hydroxylation sites is 1. The summed E-state index contributed by atoms with van der Waals surface area (Å²) in [6, 6.07) is 9.92. The quantitative estimate of drug-likeness (QED) is 0.668. The molecule has 0 aromatic heterocycles. The number of rotatable bonds is 4. The van der Waals surface area contributed by atoms with E-state index in [1.54, 1.807) is 0 Å². The van der Waals surface area contributed by atoms with E-state index in [0.717, 1.165) is 30.3 Å². The number of hydrogen-bond donors (Lipinski definition) is 2. The second-order valence-corrected chi connectivity index (χ2v) is 4.90. The Morgan fingerprint density at radius 1 is 1.33 bits per heavy atom. The lowest BCUT2D eigenvalue weighted by Gasteiger charge is -2.11. The van der Waals surface area contributed by atoms with Gasteiger partial charge in [0.1, 0.15) is 0 Å². The molecule has 1 heterocycles. The summed E-state index contributed by atoms with van der Waals surface area (Å²) in [5, 5.41) is 17.0. The highest BCUT2D eigenvalue weighted by Gasteiger charge is 2.15. The Kier molecular flexibility index (Phi) is 3.43. The van der Waals surface area contributed by atoms with Gasteiger partial charge in [0.15, 0.2) is 0 Å². The first kappa shape index (κ1) is 13.4. The van der Waals surface area contributed by atoms with E-state index in [0.29, 0.717) is 12.2 Å². The minimum absolute atomic E-state index is 0.511. The summed E-state index contributed by atoms with van der Waals surface area (Å²) in [5.74, 6) is -0.832. The molecule has 0 saturated heterocycles. The summed E-state index contributed by atoms with van der Waals surface area (Å²) < 4.78 is 13.6. The zero-order valence-electron chi connectivity index (χ0n) is 11.2. The number of nitrogens with one attached hydrogen (secondary N) is 2. The van der Waals surface area contributed by atoms with Crippen LogP contribution in [0.2, 0.25) is 0 Å². The van der Waals surface area contributed by atoms with Crippen LogP contribution in [0.4, 0.5) is 21.5 Å². The summed E-state index contributed by atoms with van der Waals surface area (Å²) in [6.45, 7) is 1.46. The molecule has 1 aliphatic rings. The third-order valence-corrected chi connectivity index (χ3v) is 3.56. The molecule has 108 valence electrons. The van der Waals surface area contributed by atoms with Crippen molar-refractivity contribution in [2.75, 3.05) is 17.2 Å². The van der Waals surface area contributed by atoms with Crippen LogP contribution in [0.5, 0.6) is 0 Å². The molecule has 3 rings (SSSR count).